The molecular formula is C19H20ClNO2. The Morgan fingerprint density at radius 2 is 1.65 bits per heavy atom. The van der Waals surface area contributed by atoms with Gasteiger partial charge in [0.1, 0.15) is 0 Å². The molecule has 0 aliphatic carbocycles. The maximum atomic E-state index is 12.7. The maximum absolute atomic E-state index is 12.7. The predicted molar refractivity (Wildman–Crippen MR) is 93.2 cm³/mol. The molecular weight excluding hydrogens is 310 g/mol. The van der Waals surface area contributed by atoms with Gasteiger partial charge in [0, 0.05) is 22.2 Å². The lowest BCUT2D eigenvalue weighted by atomic mass is 9.97. The third-order valence-corrected chi connectivity index (χ3v) is 3.87. The Hall–Kier alpha value is -2.13. The van der Waals surface area contributed by atoms with Crippen molar-refractivity contribution in [3.8, 4) is 0 Å². The molecule has 1 atom stereocenters. The molecule has 2 aromatic carbocycles. The van der Waals surface area contributed by atoms with Crippen molar-refractivity contribution in [3.63, 3.8) is 0 Å². The van der Waals surface area contributed by atoms with E-state index >= 15 is 0 Å². The lowest BCUT2D eigenvalue weighted by Crippen LogP contribution is -2.33. The van der Waals surface area contributed by atoms with E-state index in [1.165, 1.54) is 0 Å². The van der Waals surface area contributed by atoms with E-state index in [-0.39, 0.29) is 17.7 Å². The molecule has 2 aromatic rings. The molecule has 0 heterocycles. The molecule has 0 aliphatic heterocycles. The number of hydrogen-bond donors (Lipinski definition) is 1. The Bertz CT molecular complexity index is 695. The summed E-state index contributed by atoms with van der Waals surface area (Å²) in [6.45, 7) is 4.03. The summed E-state index contributed by atoms with van der Waals surface area (Å²) < 4.78 is 0. The predicted octanol–water partition coefficient (Wildman–Crippen LogP) is 4.49. The maximum Gasteiger partial charge on any atom is 0.252 e. The average molecular weight is 330 g/mol. The molecule has 120 valence electrons. The number of rotatable bonds is 6. The quantitative estimate of drug-likeness (QED) is 0.794. The Morgan fingerprint density at radius 1 is 1.04 bits per heavy atom. The van der Waals surface area contributed by atoms with Gasteiger partial charge in [-0.1, -0.05) is 43.1 Å². The highest BCUT2D eigenvalue weighted by atomic mass is 35.5. The van der Waals surface area contributed by atoms with Gasteiger partial charge >= 0.3 is 0 Å². The van der Waals surface area contributed by atoms with Crippen LogP contribution in [0.3, 0.4) is 0 Å². The van der Waals surface area contributed by atoms with E-state index in [1.807, 2.05) is 6.92 Å². The van der Waals surface area contributed by atoms with Crippen molar-refractivity contribution in [2.24, 2.45) is 0 Å². The normalized spacial score (nSPS) is 11.8. The van der Waals surface area contributed by atoms with Gasteiger partial charge in [-0.2, -0.15) is 0 Å². The third-order valence-electron chi connectivity index (χ3n) is 3.62. The van der Waals surface area contributed by atoms with Gasteiger partial charge in [-0.3, -0.25) is 9.59 Å². The molecule has 0 aliphatic rings. The van der Waals surface area contributed by atoms with Crippen molar-refractivity contribution in [2.75, 3.05) is 0 Å². The van der Waals surface area contributed by atoms with Gasteiger partial charge < -0.3 is 5.32 Å². The van der Waals surface area contributed by atoms with Crippen molar-refractivity contribution < 1.29 is 9.59 Å². The number of halogens is 1. The topological polar surface area (TPSA) is 46.2 Å². The van der Waals surface area contributed by atoms with Crippen LogP contribution in [0.4, 0.5) is 0 Å². The fourth-order valence-electron chi connectivity index (χ4n) is 2.44. The summed E-state index contributed by atoms with van der Waals surface area (Å²) in [5.41, 5.74) is 1.31. The van der Waals surface area contributed by atoms with Gasteiger partial charge in [0.15, 0.2) is 5.78 Å². The lowest BCUT2D eigenvalue weighted by Gasteiger charge is -2.14. The highest BCUT2D eigenvalue weighted by molar-refractivity contribution is 6.30. The number of carbonyl (C=O) groups excluding carboxylic acids is 2. The van der Waals surface area contributed by atoms with Crippen LogP contribution in [0.5, 0.6) is 0 Å². The van der Waals surface area contributed by atoms with E-state index in [0.717, 1.165) is 12.8 Å². The van der Waals surface area contributed by atoms with Crippen molar-refractivity contribution in [1.82, 2.24) is 5.32 Å². The third kappa shape index (κ3) is 4.42. The van der Waals surface area contributed by atoms with E-state index < -0.39 is 0 Å². The molecule has 0 aromatic heterocycles. The van der Waals surface area contributed by atoms with Crippen LogP contribution < -0.4 is 5.32 Å². The van der Waals surface area contributed by atoms with E-state index in [1.54, 1.807) is 48.5 Å². The Kier molecular flexibility index (Phi) is 5.94. The summed E-state index contributed by atoms with van der Waals surface area (Å²) in [7, 11) is 0. The summed E-state index contributed by atoms with van der Waals surface area (Å²) >= 11 is 5.86. The van der Waals surface area contributed by atoms with Crippen molar-refractivity contribution in [2.45, 2.75) is 32.7 Å². The molecule has 1 N–H and O–H groups in total. The Morgan fingerprint density at radius 3 is 2.26 bits per heavy atom. The van der Waals surface area contributed by atoms with Gasteiger partial charge in [0.2, 0.25) is 0 Å². The minimum absolute atomic E-state index is 0.0752. The molecule has 2 rings (SSSR count). The largest absolute Gasteiger partial charge is 0.350 e. The van der Waals surface area contributed by atoms with Crippen molar-refractivity contribution in [3.05, 3.63) is 70.2 Å². The number of carbonyl (C=O) groups is 2. The van der Waals surface area contributed by atoms with Gasteiger partial charge in [0.25, 0.3) is 5.91 Å². The van der Waals surface area contributed by atoms with E-state index in [9.17, 15) is 9.59 Å². The van der Waals surface area contributed by atoms with Crippen LogP contribution in [0.2, 0.25) is 5.02 Å². The van der Waals surface area contributed by atoms with E-state index in [4.69, 9.17) is 11.6 Å². The first-order valence-electron chi connectivity index (χ1n) is 7.73. The second-order valence-corrected chi connectivity index (χ2v) is 5.98. The van der Waals surface area contributed by atoms with E-state index in [2.05, 4.69) is 12.2 Å². The highest BCUT2D eigenvalue weighted by Crippen LogP contribution is 2.17. The molecule has 0 radical (unpaired) electrons. The zero-order valence-electron chi connectivity index (χ0n) is 13.3. The molecule has 0 bridgehead atoms. The molecule has 23 heavy (non-hydrogen) atoms. The summed E-state index contributed by atoms with van der Waals surface area (Å²) in [6, 6.07) is 13.6. The summed E-state index contributed by atoms with van der Waals surface area (Å²) in [4.78, 5) is 25.1. The second kappa shape index (κ2) is 7.93. The van der Waals surface area contributed by atoms with Crippen LogP contribution in [0.25, 0.3) is 0 Å². The molecule has 4 heteroatoms. The number of benzene rings is 2. The molecule has 0 fully saturated rings. The smallest absolute Gasteiger partial charge is 0.252 e. The standard InChI is InChI=1S/C19H20ClNO2/c1-3-6-13(2)21-19(23)17-8-5-4-7-16(17)18(22)14-9-11-15(20)12-10-14/h4-5,7-13H,3,6H2,1-2H3,(H,21,23)/t13-/m0/s1. The highest BCUT2D eigenvalue weighted by Gasteiger charge is 2.18. The molecule has 0 saturated heterocycles. The summed E-state index contributed by atoms with van der Waals surface area (Å²) in [5, 5.41) is 3.51. The zero-order valence-corrected chi connectivity index (χ0v) is 14.1. The van der Waals surface area contributed by atoms with Gasteiger partial charge in [-0.25, -0.2) is 0 Å². The molecule has 0 spiro atoms. The zero-order chi connectivity index (χ0) is 16.8. The Labute approximate surface area is 141 Å². The van der Waals surface area contributed by atoms with Crippen LogP contribution in [0.15, 0.2) is 48.5 Å². The monoisotopic (exact) mass is 329 g/mol. The summed E-state index contributed by atoms with van der Waals surface area (Å²) in [6.07, 6.45) is 1.89. The summed E-state index contributed by atoms with van der Waals surface area (Å²) in [5.74, 6) is -0.403. The fourth-order valence-corrected chi connectivity index (χ4v) is 2.57. The van der Waals surface area contributed by atoms with Gasteiger partial charge in [0.05, 0.1) is 5.56 Å². The van der Waals surface area contributed by atoms with Crippen LogP contribution in [-0.2, 0) is 0 Å². The minimum Gasteiger partial charge on any atom is -0.350 e. The number of hydrogen-bond acceptors (Lipinski definition) is 2. The Balaban J connectivity index is 2.28. The fraction of sp³-hybridized carbons (Fsp3) is 0.263. The number of nitrogens with one attached hydrogen (secondary N) is 1. The van der Waals surface area contributed by atoms with Crippen LogP contribution in [0.1, 0.15) is 53.0 Å². The molecule has 0 unspecified atom stereocenters. The first-order valence-corrected chi connectivity index (χ1v) is 8.11. The average Bonchev–Trinajstić information content (AvgIpc) is 2.55. The van der Waals surface area contributed by atoms with Gasteiger partial charge in [-0.15, -0.1) is 0 Å². The molecule has 1 amide bonds. The second-order valence-electron chi connectivity index (χ2n) is 5.54. The SMILES string of the molecule is CCC[C@H](C)NC(=O)c1ccccc1C(=O)c1ccc(Cl)cc1. The number of amides is 1. The van der Waals surface area contributed by atoms with E-state index in [0.29, 0.717) is 21.7 Å². The van der Waals surface area contributed by atoms with Crippen molar-refractivity contribution >= 4 is 23.3 Å². The first-order chi connectivity index (χ1) is 11.0. The first kappa shape index (κ1) is 17.2. The van der Waals surface area contributed by atoms with Crippen LogP contribution in [-0.4, -0.2) is 17.7 Å². The van der Waals surface area contributed by atoms with Gasteiger partial charge in [-0.05, 0) is 43.7 Å². The molecule has 3 nitrogen and oxygen atoms in total. The minimum atomic E-state index is -0.219. The van der Waals surface area contributed by atoms with Crippen LogP contribution >= 0.6 is 11.6 Å². The van der Waals surface area contributed by atoms with Crippen LogP contribution in [0, 0.1) is 0 Å². The van der Waals surface area contributed by atoms with Crippen molar-refractivity contribution in [1.29, 1.82) is 0 Å². The molecule has 0 saturated carbocycles. The number of ketones is 1. The lowest BCUT2D eigenvalue weighted by molar-refractivity contribution is 0.0928.